The molecule has 1 unspecified atom stereocenters. The summed E-state index contributed by atoms with van der Waals surface area (Å²) < 4.78 is 24.4. The lowest BCUT2D eigenvalue weighted by molar-refractivity contribution is 0.117. The molecule has 0 saturated carbocycles. The largest absolute Gasteiger partial charge is 0.493 e. The number of nitrogens with one attached hydrogen (secondary N) is 1. The van der Waals surface area contributed by atoms with Crippen molar-refractivity contribution in [2.24, 2.45) is 5.41 Å². The van der Waals surface area contributed by atoms with Crippen LogP contribution in [0, 0.1) is 10.8 Å². The van der Waals surface area contributed by atoms with E-state index in [2.05, 4.69) is 14.9 Å². The monoisotopic (exact) mass is 389 g/mol. The summed E-state index contributed by atoms with van der Waals surface area (Å²) in [5.41, 5.74) is 2.09. The highest BCUT2D eigenvalue weighted by Crippen LogP contribution is 2.44. The van der Waals surface area contributed by atoms with Crippen molar-refractivity contribution in [3.8, 4) is 11.5 Å². The number of nitrogens with zero attached hydrogens (tertiary/aromatic N) is 4. The Labute approximate surface area is 160 Å². The fourth-order valence-electron chi connectivity index (χ4n) is 4.07. The van der Waals surface area contributed by atoms with Gasteiger partial charge in [-0.25, -0.2) is 18.5 Å². The molecule has 0 aliphatic carbocycles. The lowest BCUT2D eigenvalue weighted by atomic mass is 9.72. The van der Waals surface area contributed by atoms with Crippen molar-refractivity contribution in [1.82, 2.24) is 14.3 Å². The minimum Gasteiger partial charge on any atom is -0.493 e. The van der Waals surface area contributed by atoms with Crippen LogP contribution in [0.4, 0.5) is 5.82 Å². The zero-order chi connectivity index (χ0) is 19.0. The summed E-state index contributed by atoms with van der Waals surface area (Å²) in [5, 5.41) is 8.13. The number of hydrogen-bond acceptors (Lipinski definition) is 7. The Morgan fingerprint density at radius 1 is 1.15 bits per heavy atom. The third-order valence-electron chi connectivity index (χ3n) is 5.61. The Morgan fingerprint density at radius 3 is 2.44 bits per heavy atom. The Kier molecular flexibility index (Phi) is 4.73. The molecule has 4 rings (SSSR count). The highest BCUT2D eigenvalue weighted by molar-refractivity contribution is 7.96. The van der Waals surface area contributed by atoms with Gasteiger partial charge in [0.1, 0.15) is 23.1 Å². The van der Waals surface area contributed by atoms with E-state index in [1.807, 2.05) is 16.4 Å². The number of fused-ring (bicyclic) bond motifs is 1. The number of piperidine rings is 1. The first-order chi connectivity index (χ1) is 13.1. The van der Waals surface area contributed by atoms with Crippen LogP contribution >= 0.6 is 0 Å². The van der Waals surface area contributed by atoms with E-state index in [0.717, 1.165) is 61.3 Å². The lowest BCUT2D eigenvalue weighted by Gasteiger charge is -2.54. The van der Waals surface area contributed by atoms with Gasteiger partial charge in [-0.15, -0.1) is 0 Å². The van der Waals surface area contributed by atoms with Gasteiger partial charge in [0, 0.05) is 43.0 Å². The second-order valence-corrected chi connectivity index (χ2v) is 8.41. The van der Waals surface area contributed by atoms with Crippen LogP contribution in [0.3, 0.4) is 0 Å². The number of anilines is 1. The standard InChI is InChI=1S/C18H23N5O3S/c1-25-15-7-13-14(8-16(15)26-2)20-12-21-17(13)22-9-18(10-22)3-5-23(6-4-18)27(24)11-19/h7-8,11-12,19H,3-6,9-10H2,1-2H3. The van der Waals surface area contributed by atoms with Crippen LogP contribution in [-0.2, 0) is 11.0 Å². The molecule has 144 valence electrons. The van der Waals surface area contributed by atoms with Gasteiger partial charge in [-0.3, -0.25) is 5.41 Å². The third kappa shape index (κ3) is 3.14. The zero-order valence-electron chi connectivity index (χ0n) is 15.5. The molecule has 9 heteroatoms. The van der Waals surface area contributed by atoms with E-state index >= 15 is 0 Å². The van der Waals surface area contributed by atoms with Crippen molar-refractivity contribution in [2.75, 3.05) is 45.3 Å². The molecule has 27 heavy (non-hydrogen) atoms. The fraction of sp³-hybridized carbons (Fsp3) is 0.500. The molecule has 2 aromatic rings. The van der Waals surface area contributed by atoms with Crippen LogP contribution in [0.5, 0.6) is 11.5 Å². The molecule has 1 aromatic heterocycles. The average molecular weight is 389 g/mol. The van der Waals surface area contributed by atoms with Crippen LogP contribution in [0.15, 0.2) is 18.5 Å². The second-order valence-electron chi connectivity index (χ2n) is 7.10. The molecule has 3 heterocycles. The maximum absolute atomic E-state index is 11.8. The number of hydrogen-bond donors (Lipinski definition) is 1. The van der Waals surface area contributed by atoms with Crippen molar-refractivity contribution in [1.29, 1.82) is 5.41 Å². The summed E-state index contributed by atoms with van der Waals surface area (Å²) in [6.07, 6.45) is 3.57. The molecule has 1 atom stereocenters. The fourth-order valence-corrected chi connectivity index (χ4v) is 4.76. The van der Waals surface area contributed by atoms with Crippen molar-refractivity contribution >= 4 is 33.3 Å². The number of rotatable bonds is 5. The Balaban J connectivity index is 1.54. The quantitative estimate of drug-likeness (QED) is 0.620. The van der Waals surface area contributed by atoms with E-state index in [0.29, 0.717) is 11.5 Å². The number of benzene rings is 1. The molecule has 2 aliphatic rings. The molecule has 2 saturated heterocycles. The van der Waals surface area contributed by atoms with Gasteiger partial charge in [-0.05, 0) is 18.9 Å². The van der Waals surface area contributed by atoms with E-state index in [4.69, 9.17) is 14.9 Å². The van der Waals surface area contributed by atoms with Gasteiger partial charge < -0.3 is 14.4 Å². The Bertz CT molecular complexity index is 890. The molecule has 0 radical (unpaired) electrons. The number of ether oxygens (including phenoxy) is 2. The lowest BCUT2D eigenvalue weighted by Crippen LogP contribution is -2.60. The number of aromatic nitrogens is 2. The molecule has 2 fully saturated rings. The van der Waals surface area contributed by atoms with Crippen LogP contribution in [0.1, 0.15) is 12.8 Å². The van der Waals surface area contributed by atoms with E-state index in [1.165, 1.54) is 0 Å². The van der Waals surface area contributed by atoms with Gasteiger partial charge in [-0.1, -0.05) is 0 Å². The molecule has 0 bridgehead atoms. The van der Waals surface area contributed by atoms with E-state index in [-0.39, 0.29) is 5.41 Å². The van der Waals surface area contributed by atoms with Crippen LogP contribution in [-0.4, -0.2) is 64.4 Å². The second kappa shape index (κ2) is 7.05. The molecule has 1 spiro atoms. The third-order valence-corrected chi connectivity index (χ3v) is 6.69. The van der Waals surface area contributed by atoms with E-state index in [1.54, 1.807) is 20.5 Å². The maximum atomic E-state index is 11.8. The highest BCUT2D eigenvalue weighted by Gasteiger charge is 2.46. The topological polar surface area (TPSA) is 91.6 Å². The Hall–Kier alpha value is -2.26. The Morgan fingerprint density at radius 2 is 1.81 bits per heavy atom. The van der Waals surface area contributed by atoms with Crippen molar-refractivity contribution in [3.05, 3.63) is 18.5 Å². The molecule has 2 aliphatic heterocycles. The van der Waals surface area contributed by atoms with Crippen molar-refractivity contribution in [2.45, 2.75) is 12.8 Å². The van der Waals surface area contributed by atoms with Crippen LogP contribution in [0.25, 0.3) is 10.9 Å². The van der Waals surface area contributed by atoms with E-state index in [9.17, 15) is 4.21 Å². The number of methoxy groups -OCH3 is 2. The summed E-state index contributed by atoms with van der Waals surface area (Å²) in [6, 6.07) is 3.81. The first-order valence-electron chi connectivity index (χ1n) is 8.87. The summed E-state index contributed by atoms with van der Waals surface area (Å²) in [7, 11) is 1.96. The van der Waals surface area contributed by atoms with Gasteiger partial charge in [0.25, 0.3) is 0 Å². The molecule has 0 amide bonds. The van der Waals surface area contributed by atoms with Gasteiger partial charge in [-0.2, -0.15) is 0 Å². The van der Waals surface area contributed by atoms with Gasteiger partial charge in [0.05, 0.1) is 25.3 Å². The first-order valence-corrected chi connectivity index (χ1v) is 10.0. The molecule has 1 N–H and O–H groups in total. The van der Waals surface area contributed by atoms with Crippen LogP contribution < -0.4 is 14.4 Å². The van der Waals surface area contributed by atoms with Crippen molar-refractivity contribution in [3.63, 3.8) is 0 Å². The summed E-state index contributed by atoms with van der Waals surface area (Å²) in [6.45, 7) is 3.40. The van der Waals surface area contributed by atoms with Gasteiger partial charge >= 0.3 is 0 Å². The predicted molar refractivity (Wildman–Crippen MR) is 105 cm³/mol. The summed E-state index contributed by atoms with van der Waals surface area (Å²) in [5.74, 6) is 2.23. The predicted octanol–water partition coefficient (Wildman–Crippen LogP) is 1.82. The summed E-state index contributed by atoms with van der Waals surface area (Å²) >= 11 is 0. The SMILES string of the molecule is COc1cc2ncnc(N3CC4(CCN(S(=O)C=N)CC4)C3)c2cc1OC. The van der Waals surface area contributed by atoms with E-state index < -0.39 is 11.0 Å². The average Bonchev–Trinajstić information content (AvgIpc) is 2.70. The van der Waals surface area contributed by atoms with Crippen molar-refractivity contribution < 1.29 is 13.7 Å². The summed E-state index contributed by atoms with van der Waals surface area (Å²) in [4.78, 5) is 11.2. The normalized spacial score (nSPS) is 20.3. The molecule has 8 nitrogen and oxygen atoms in total. The molecular formula is C18H23N5O3S. The van der Waals surface area contributed by atoms with Gasteiger partial charge in [0.2, 0.25) is 0 Å². The first kappa shape index (κ1) is 18.1. The maximum Gasteiger partial charge on any atom is 0.162 e. The smallest absolute Gasteiger partial charge is 0.162 e. The van der Waals surface area contributed by atoms with Crippen LogP contribution in [0.2, 0.25) is 0 Å². The zero-order valence-corrected chi connectivity index (χ0v) is 16.3. The molecular weight excluding hydrogens is 366 g/mol. The molecule has 1 aromatic carbocycles. The minimum atomic E-state index is -1.28. The highest BCUT2D eigenvalue weighted by atomic mass is 32.2. The minimum absolute atomic E-state index is 0.247. The van der Waals surface area contributed by atoms with Gasteiger partial charge in [0.15, 0.2) is 11.5 Å².